The Balaban J connectivity index is 0. The average molecular weight is 178 g/mol. The molecule has 0 saturated heterocycles. The first-order chi connectivity index (χ1) is 0. The van der Waals surface area contributed by atoms with Crippen LogP contribution in [0.2, 0.25) is 0 Å². The molecule has 0 heterocycles. The number of hydrogen-bond donors (Lipinski definition) is 0. The Morgan fingerprint density at radius 2 is 1.00 bits per heavy atom. The van der Waals surface area contributed by atoms with E-state index in [2.05, 4.69) is 0 Å². The molecule has 0 aliphatic rings. The summed E-state index contributed by atoms with van der Waals surface area (Å²) in [5.41, 5.74) is 0. The molecule has 0 aliphatic carbocycles. The van der Waals surface area contributed by atoms with E-state index in [1.165, 1.54) is 0 Å². The summed E-state index contributed by atoms with van der Waals surface area (Å²) in [6.07, 6.45) is 0. The minimum Gasteiger partial charge on any atom is 0 e. The zero-order valence-electron chi connectivity index (χ0n) is 2.09. The van der Waals surface area contributed by atoms with Gasteiger partial charge in [-0.25, -0.2) is 0 Å². The molecule has 0 spiro atoms. The van der Waals surface area contributed by atoms with Crippen molar-refractivity contribution < 1.29 is 38.8 Å². The van der Waals surface area contributed by atoms with Crippen LogP contribution in [0.4, 0.5) is 0 Å². The second-order valence-corrected chi connectivity index (χ2v) is 0. The van der Waals surface area contributed by atoms with E-state index in [1.807, 2.05) is 0 Å². The van der Waals surface area contributed by atoms with Gasteiger partial charge in [-0.05, 0) is 0 Å². The van der Waals surface area contributed by atoms with E-state index in [1.54, 1.807) is 0 Å². The zero-order valence-corrected chi connectivity index (χ0v) is 7.95. The smallest absolute Gasteiger partial charge is 0 e. The van der Waals surface area contributed by atoms with Crippen molar-refractivity contribution in [2.75, 3.05) is 0 Å². The average Bonchev–Trinajstić information content (AvgIpc) is 0. The normalized spacial score (nSPS) is 0. The third-order valence-corrected chi connectivity index (χ3v) is 0. The molecule has 4 heavy (non-hydrogen) atoms. The summed E-state index contributed by atoms with van der Waals surface area (Å²) in [7, 11) is 0. The third kappa shape index (κ3) is 8.90. The fraction of sp³-hybridized carbons (Fsp3) is 0. The summed E-state index contributed by atoms with van der Waals surface area (Å²) in [6, 6.07) is 0. The van der Waals surface area contributed by atoms with E-state index in [-0.39, 0.29) is 93.9 Å². The molecule has 20 valence electrons. The van der Waals surface area contributed by atoms with Gasteiger partial charge in [0, 0.05) is 93.9 Å². The summed E-state index contributed by atoms with van der Waals surface area (Å²) in [5.74, 6) is 0. The van der Waals surface area contributed by atoms with E-state index < -0.39 is 0 Å². The first-order valence-electron chi connectivity index (χ1n) is 0. The van der Waals surface area contributed by atoms with Crippen molar-refractivity contribution in [3.63, 3.8) is 0 Å². The van der Waals surface area contributed by atoms with Gasteiger partial charge in [0.15, 0.2) is 0 Å². The van der Waals surface area contributed by atoms with Crippen LogP contribution in [0, 0.1) is 0 Å². The summed E-state index contributed by atoms with van der Waals surface area (Å²) >= 11 is 0. The molecular weight excluding hydrogens is 178 g/mol. The fourth-order valence-electron chi connectivity index (χ4n) is 0. The van der Waals surface area contributed by atoms with Gasteiger partial charge in [0.2, 0.25) is 0 Å². The van der Waals surface area contributed by atoms with Gasteiger partial charge in [-0.1, -0.05) is 0 Å². The molecular formula is AlCaCuTi. The Kier molecular flexibility index (Phi) is 116. The molecule has 0 aromatic carbocycles. The molecule has 0 atom stereocenters. The summed E-state index contributed by atoms with van der Waals surface area (Å²) in [4.78, 5) is 0. The molecule has 0 saturated carbocycles. The second-order valence-electron chi connectivity index (χ2n) is 0. The molecule has 0 nitrogen and oxygen atoms in total. The van der Waals surface area contributed by atoms with Crippen LogP contribution in [0.15, 0.2) is 0 Å². The summed E-state index contributed by atoms with van der Waals surface area (Å²) < 4.78 is 0. The Morgan fingerprint density at radius 3 is 1.00 bits per heavy atom. The topological polar surface area (TPSA) is 0 Å². The van der Waals surface area contributed by atoms with Gasteiger partial charge in [0.05, 0.1) is 0 Å². The van der Waals surface area contributed by atoms with Crippen LogP contribution in [0.5, 0.6) is 0 Å². The molecule has 0 aromatic heterocycles. The maximum Gasteiger partial charge on any atom is 0 e. The molecule has 0 unspecified atom stereocenters. The van der Waals surface area contributed by atoms with Crippen LogP contribution in [-0.4, -0.2) is 55.1 Å². The van der Waals surface area contributed by atoms with Crippen molar-refractivity contribution in [1.29, 1.82) is 0 Å². The van der Waals surface area contributed by atoms with Crippen molar-refractivity contribution in [2.45, 2.75) is 0 Å². The first kappa shape index (κ1) is 27.9. The Hall–Kier alpha value is 3.03. The third-order valence-electron chi connectivity index (χ3n) is 0. The van der Waals surface area contributed by atoms with E-state index in [0.29, 0.717) is 0 Å². The van der Waals surface area contributed by atoms with Gasteiger partial charge in [-0.2, -0.15) is 0 Å². The zero-order chi connectivity index (χ0) is 0. The molecule has 0 amide bonds. The fourth-order valence-corrected chi connectivity index (χ4v) is 0. The molecule has 0 fully saturated rings. The maximum atomic E-state index is 0. The number of rotatable bonds is 0. The van der Waals surface area contributed by atoms with Crippen LogP contribution in [0.1, 0.15) is 0 Å². The molecule has 0 aromatic rings. The molecule has 4 heteroatoms. The first-order valence-corrected chi connectivity index (χ1v) is 0. The van der Waals surface area contributed by atoms with E-state index in [9.17, 15) is 0 Å². The van der Waals surface area contributed by atoms with Gasteiger partial charge in [0.1, 0.15) is 0 Å². The minimum atomic E-state index is 0. The van der Waals surface area contributed by atoms with Gasteiger partial charge in [-0.15, -0.1) is 0 Å². The van der Waals surface area contributed by atoms with Crippen LogP contribution in [0.3, 0.4) is 0 Å². The van der Waals surface area contributed by atoms with Gasteiger partial charge < -0.3 is 0 Å². The van der Waals surface area contributed by atoms with Crippen molar-refractivity contribution >= 4 is 55.1 Å². The van der Waals surface area contributed by atoms with E-state index >= 15 is 0 Å². The molecule has 6 radical (unpaired) electrons. The summed E-state index contributed by atoms with van der Waals surface area (Å²) in [6.45, 7) is 0. The quantitative estimate of drug-likeness (QED) is 0.428. The Bertz CT molecular complexity index is 8.00. The van der Waals surface area contributed by atoms with Crippen LogP contribution < -0.4 is 0 Å². The second kappa shape index (κ2) is 16.6. The Morgan fingerprint density at radius 1 is 1.00 bits per heavy atom. The summed E-state index contributed by atoms with van der Waals surface area (Å²) in [5, 5.41) is 0. The molecule has 0 bridgehead atoms. The largest absolute Gasteiger partial charge is 0 e. The molecule has 0 aliphatic heterocycles. The SMILES string of the molecule is [Al].[Ca].[Cu].[Ti]. The molecule has 0 rings (SSSR count). The maximum absolute atomic E-state index is 0. The van der Waals surface area contributed by atoms with Crippen LogP contribution in [-0.2, 0) is 38.8 Å². The van der Waals surface area contributed by atoms with Gasteiger partial charge in [0.25, 0.3) is 0 Å². The number of hydrogen-bond acceptors (Lipinski definition) is 0. The van der Waals surface area contributed by atoms with Crippen molar-refractivity contribution in [3.05, 3.63) is 0 Å². The van der Waals surface area contributed by atoms with Crippen LogP contribution >= 0.6 is 0 Å². The van der Waals surface area contributed by atoms with E-state index in [0.717, 1.165) is 0 Å². The van der Waals surface area contributed by atoms with Crippen molar-refractivity contribution in [2.24, 2.45) is 0 Å². The van der Waals surface area contributed by atoms with E-state index in [4.69, 9.17) is 0 Å². The van der Waals surface area contributed by atoms with Crippen molar-refractivity contribution in [3.8, 4) is 0 Å². The van der Waals surface area contributed by atoms with Crippen LogP contribution in [0.25, 0.3) is 0 Å². The monoisotopic (exact) mass is 178 g/mol. The van der Waals surface area contributed by atoms with Crippen molar-refractivity contribution in [1.82, 2.24) is 0 Å². The Labute approximate surface area is 92.0 Å². The molecule has 0 N–H and O–H groups in total. The predicted molar refractivity (Wildman–Crippen MR) is 11.5 cm³/mol. The van der Waals surface area contributed by atoms with Gasteiger partial charge in [-0.3, -0.25) is 0 Å². The predicted octanol–water partition coefficient (Wildman–Crippen LogP) is -0.767. The standard InChI is InChI=1S/Al.Ca.Cu.Ti. The van der Waals surface area contributed by atoms with Gasteiger partial charge >= 0.3 is 0 Å². The minimum absolute atomic E-state index is 0.